The summed E-state index contributed by atoms with van der Waals surface area (Å²) in [6, 6.07) is 15.2. The molecule has 0 saturated carbocycles. The van der Waals surface area contributed by atoms with E-state index in [4.69, 9.17) is 17.4 Å². The van der Waals surface area contributed by atoms with Crippen molar-refractivity contribution in [2.24, 2.45) is 5.84 Å². The topological polar surface area (TPSA) is 60.0 Å². The molecule has 0 radical (unpaired) electrons. The Kier molecular flexibility index (Phi) is 3.64. The van der Waals surface area contributed by atoms with Crippen molar-refractivity contribution in [3.63, 3.8) is 0 Å². The molecule has 0 aliphatic heterocycles. The van der Waals surface area contributed by atoms with Gasteiger partial charge < -0.3 is 4.57 Å². The maximum atomic E-state index is 11.4. The number of carbonyl (C=O) groups is 1. The van der Waals surface area contributed by atoms with E-state index in [-0.39, 0.29) is 5.91 Å². The predicted molar refractivity (Wildman–Crippen MR) is 84.1 cm³/mol. The largest absolute Gasteiger partial charge is 0.342 e. The van der Waals surface area contributed by atoms with Gasteiger partial charge in [-0.2, -0.15) is 0 Å². The second kappa shape index (κ2) is 5.60. The summed E-state index contributed by atoms with van der Waals surface area (Å²) in [4.78, 5) is 11.4. The summed E-state index contributed by atoms with van der Waals surface area (Å²) < 4.78 is 2.09. The zero-order valence-corrected chi connectivity index (χ0v) is 12.0. The third-order valence-corrected chi connectivity index (χ3v) is 3.74. The van der Waals surface area contributed by atoms with Crippen LogP contribution in [0.4, 0.5) is 0 Å². The van der Waals surface area contributed by atoms with Gasteiger partial charge in [0, 0.05) is 23.7 Å². The number of aromatic nitrogens is 1. The average molecular weight is 300 g/mol. The molecule has 0 bridgehead atoms. The quantitative estimate of drug-likeness (QED) is 0.444. The molecule has 0 saturated heterocycles. The summed E-state index contributed by atoms with van der Waals surface area (Å²) in [6.07, 6.45) is 2.01. The van der Waals surface area contributed by atoms with Crippen LogP contribution < -0.4 is 11.3 Å². The highest BCUT2D eigenvalue weighted by molar-refractivity contribution is 6.35. The number of amides is 1. The number of para-hydroxylation sites is 1. The number of halogens is 1. The summed E-state index contributed by atoms with van der Waals surface area (Å²) in [5.74, 6) is 4.82. The summed E-state index contributed by atoms with van der Waals surface area (Å²) in [7, 11) is 0. The Bertz CT molecular complexity index is 793. The van der Waals surface area contributed by atoms with Crippen molar-refractivity contribution in [1.29, 1.82) is 0 Å². The fraction of sp³-hybridized carbons (Fsp3) is 0.0625. The van der Waals surface area contributed by atoms with Gasteiger partial charge in [-0.1, -0.05) is 35.9 Å². The Balaban J connectivity index is 1.90. The summed E-state index contributed by atoms with van der Waals surface area (Å²) in [5, 5.41) is 1.85. The van der Waals surface area contributed by atoms with Crippen molar-refractivity contribution in [2.75, 3.05) is 0 Å². The second-order valence-electron chi connectivity index (χ2n) is 4.79. The molecule has 1 aromatic heterocycles. The number of nitrogens with one attached hydrogen (secondary N) is 1. The minimum atomic E-state index is -0.295. The Hall–Kier alpha value is -2.30. The maximum absolute atomic E-state index is 11.4. The minimum absolute atomic E-state index is 0.295. The molecule has 0 aliphatic carbocycles. The molecule has 3 N–H and O–H groups in total. The first kappa shape index (κ1) is 13.7. The smallest absolute Gasteiger partial charge is 0.265 e. The number of rotatable bonds is 3. The third kappa shape index (κ3) is 2.63. The number of carbonyl (C=O) groups excluding carboxylic acids is 1. The molecule has 0 fully saturated rings. The number of hydrazine groups is 1. The highest BCUT2D eigenvalue weighted by Gasteiger charge is 2.07. The number of fused-ring (bicyclic) bond motifs is 1. The molecule has 0 aliphatic rings. The first-order valence-corrected chi connectivity index (χ1v) is 6.90. The van der Waals surface area contributed by atoms with Gasteiger partial charge in [-0.05, 0) is 29.8 Å². The van der Waals surface area contributed by atoms with Crippen LogP contribution in [0.15, 0.2) is 54.7 Å². The lowest BCUT2D eigenvalue weighted by Gasteiger charge is -2.08. The van der Waals surface area contributed by atoms with Crippen LogP contribution in [0.5, 0.6) is 0 Å². The van der Waals surface area contributed by atoms with Gasteiger partial charge in [0.05, 0.1) is 10.5 Å². The normalized spacial score (nSPS) is 10.8. The number of hydrogen-bond donors (Lipinski definition) is 2. The lowest BCUT2D eigenvalue weighted by Crippen LogP contribution is -2.29. The van der Waals surface area contributed by atoms with E-state index in [0.29, 0.717) is 12.1 Å². The van der Waals surface area contributed by atoms with E-state index in [2.05, 4.69) is 9.99 Å². The summed E-state index contributed by atoms with van der Waals surface area (Å²) >= 11 is 6.27. The number of nitrogen functional groups attached to an aromatic ring is 1. The number of hydrogen-bond acceptors (Lipinski definition) is 2. The van der Waals surface area contributed by atoms with Gasteiger partial charge in [-0.15, -0.1) is 0 Å². The van der Waals surface area contributed by atoms with Gasteiger partial charge in [0.15, 0.2) is 0 Å². The molecule has 2 aromatic carbocycles. The van der Waals surface area contributed by atoms with E-state index in [0.717, 1.165) is 21.5 Å². The van der Waals surface area contributed by atoms with Crippen LogP contribution in [0.2, 0.25) is 5.02 Å². The molecule has 3 aromatic rings. The van der Waals surface area contributed by atoms with Crippen molar-refractivity contribution < 1.29 is 4.79 Å². The number of benzene rings is 2. The first-order valence-electron chi connectivity index (χ1n) is 6.52. The molecule has 1 heterocycles. The van der Waals surface area contributed by atoms with E-state index in [1.165, 1.54) is 0 Å². The Morgan fingerprint density at radius 3 is 2.62 bits per heavy atom. The van der Waals surface area contributed by atoms with Gasteiger partial charge >= 0.3 is 0 Å². The average Bonchev–Trinajstić information content (AvgIpc) is 2.92. The van der Waals surface area contributed by atoms with Crippen molar-refractivity contribution in [2.45, 2.75) is 6.54 Å². The van der Waals surface area contributed by atoms with Crippen LogP contribution in [0, 0.1) is 0 Å². The molecule has 3 rings (SSSR count). The highest BCUT2D eigenvalue weighted by Crippen LogP contribution is 2.25. The second-order valence-corrected chi connectivity index (χ2v) is 5.20. The first-order chi connectivity index (χ1) is 10.2. The molecule has 21 heavy (non-hydrogen) atoms. The van der Waals surface area contributed by atoms with Crippen molar-refractivity contribution in [3.8, 4) is 0 Å². The molecule has 106 valence electrons. The number of nitrogens with two attached hydrogens (primary N) is 1. The predicted octanol–water partition coefficient (Wildman–Crippen LogP) is 2.95. The van der Waals surface area contributed by atoms with Gasteiger partial charge in [0.25, 0.3) is 5.91 Å². The van der Waals surface area contributed by atoms with Crippen LogP contribution in [0.25, 0.3) is 10.9 Å². The van der Waals surface area contributed by atoms with Gasteiger partial charge in [0.2, 0.25) is 0 Å². The zero-order chi connectivity index (χ0) is 14.8. The Morgan fingerprint density at radius 2 is 1.90 bits per heavy atom. The fourth-order valence-electron chi connectivity index (χ4n) is 2.39. The van der Waals surface area contributed by atoms with E-state index in [9.17, 15) is 4.79 Å². The van der Waals surface area contributed by atoms with Gasteiger partial charge in [-0.25, -0.2) is 5.84 Å². The van der Waals surface area contributed by atoms with Crippen molar-refractivity contribution >= 4 is 28.4 Å². The molecule has 5 heteroatoms. The number of nitrogens with zero attached hydrogens (tertiary/aromatic N) is 1. The van der Waals surface area contributed by atoms with Crippen molar-refractivity contribution in [1.82, 2.24) is 9.99 Å². The van der Waals surface area contributed by atoms with Crippen LogP contribution in [0.1, 0.15) is 15.9 Å². The Morgan fingerprint density at radius 1 is 1.14 bits per heavy atom. The van der Waals surface area contributed by atoms with Crippen LogP contribution >= 0.6 is 11.6 Å². The zero-order valence-electron chi connectivity index (χ0n) is 11.2. The highest BCUT2D eigenvalue weighted by atomic mass is 35.5. The van der Waals surface area contributed by atoms with Gasteiger partial charge in [0.1, 0.15) is 0 Å². The van der Waals surface area contributed by atoms with Crippen LogP contribution in [-0.2, 0) is 6.54 Å². The SMILES string of the molecule is NNC(=O)c1ccc(Cn2ccc3cccc(Cl)c32)cc1. The van der Waals surface area contributed by atoms with E-state index >= 15 is 0 Å². The molecule has 1 amide bonds. The molecule has 4 nitrogen and oxygen atoms in total. The van der Waals surface area contributed by atoms with Crippen LogP contribution in [-0.4, -0.2) is 10.5 Å². The van der Waals surface area contributed by atoms with E-state index in [1.54, 1.807) is 12.1 Å². The molecule has 0 unspecified atom stereocenters. The standard InChI is InChI=1S/C16H14ClN3O/c17-14-3-1-2-12-8-9-20(15(12)14)10-11-4-6-13(7-5-11)16(21)19-18/h1-9H,10,18H2,(H,19,21). The summed E-state index contributed by atoms with van der Waals surface area (Å²) in [6.45, 7) is 0.692. The molecular formula is C16H14ClN3O. The third-order valence-electron chi connectivity index (χ3n) is 3.44. The van der Waals surface area contributed by atoms with Crippen molar-refractivity contribution in [3.05, 3.63) is 70.9 Å². The molecular weight excluding hydrogens is 286 g/mol. The lowest BCUT2D eigenvalue weighted by atomic mass is 10.1. The van der Waals surface area contributed by atoms with E-state index in [1.807, 2.05) is 42.6 Å². The molecule has 0 atom stereocenters. The minimum Gasteiger partial charge on any atom is -0.342 e. The molecule has 0 spiro atoms. The monoisotopic (exact) mass is 299 g/mol. The summed E-state index contributed by atoms with van der Waals surface area (Å²) in [5.41, 5.74) is 4.76. The maximum Gasteiger partial charge on any atom is 0.265 e. The van der Waals surface area contributed by atoms with Gasteiger partial charge in [-0.3, -0.25) is 10.2 Å². The van der Waals surface area contributed by atoms with Crippen LogP contribution in [0.3, 0.4) is 0 Å². The lowest BCUT2D eigenvalue weighted by molar-refractivity contribution is 0.0953. The Labute approximate surface area is 127 Å². The fourth-order valence-corrected chi connectivity index (χ4v) is 2.68. The van der Waals surface area contributed by atoms with E-state index < -0.39 is 0 Å².